The van der Waals surface area contributed by atoms with E-state index in [0.717, 1.165) is 56.1 Å². The molecule has 0 radical (unpaired) electrons. The maximum atomic E-state index is 12.8. The number of carboxylic acids is 2. The van der Waals surface area contributed by atoms with E-state index in [9.17, 15) is 43.5 Å². The van der Waals surface area contributed by atoms with E-state index in [0.29, 0.717) is 38.6 Å². The first-order valence-corrected chi connectivity index (χ1v) is 26.8. The van der Waals surface area contributed by atoms with Crippen LogP contribution < -0.4 is 37.6 Å². The van der Waals surface area contributed by atoms with Crippen molar-refractivity contribution >= 4 is 47.3 Å². The van der Waals surface area contributed by atoms with E-state index in [1.807, 2.05) is 31.2 Å². The Labute approximate surface area is 439 Å². The van der Waals surface area contributed by atoms with Gasteiger partial charge in [-0.15, -0.1) is 0 Å². The number of likely N-dealkylation sites (N-methyl/N-ethyl adjacent to an activating group) is 1. The first-order chi connectivity index (χ1) is 35.7. The molecule has 0 aliphatic heterocycles. The van der Waals surface area contributed by atoms with Crippen molar-refractivity contribution in [1.82, 2.24) is 31.9 Å². The first kappa shape index (κ1) is 67.0. The van der Waals surface area contributed by atoms with Crippen LogP contribution in [0.25, 0.3) is 0 Å². The number of ketones is 1. The number of aliphatic carboxylic acids is 2. The summed E-state index contributed by atoms with van der Waals surface area (Å²) in [6.07, 6.45) is 17.7. The fourth-order valence-corrected chi connectivity index (χ4v) is 7.72. The fourth-order valence-electron chi connectivity index (χ4n) is 7.72. The summed E-state index contributed by atoms with van der Waals surface area (Å²) >= 11 is 0. The van der Waals surface area contributed by atoms with Crippen LogP contribution >= 0.6 is 0 Å². The second kappa shape index (κ2) is 45.3. The number of rotatable bonds is 51. The Kier molecular flexibility index (Phi) is 41.0. The predicted octanol–water partition coefficient (Wildman–Crippen LogP) is 3.40. The van der Waals surface area contributed by atoms with E-state index in [2.05, 4.69) is 31.9 Å². The maximum absolute atomic E-state index is 12.8. The number of ether oxygens (including phenoxy) is 4. The molecule has 0 fully saturated rings. The van der Waals surface area contributed by atoms with Crippen LogP contribution in [-0.2, 0) is 63.7 Å². The summed E-state index contributed by atoms with van der Waals surface area (Å²) in [5.74, 6) is -3.81. The van der Waals surface area contributed by atoms with Crippen LogP contribution in [0.15, 0.2) is 24.3 Å². The number of hydrogen-bond acceptors (Lipinski definition) is 14. The lowest BCUT2D eigenvalue weighted by molar-refractivity contribution is -0.142. The minimum atomic E-state index is -1.19. The van der Waals surface area contributed by atoms with Crippen molar-refractivity contribution in [3.05, 3.63) is 35.4 Å². The summed E-state index contributed by atoms with van der Waals surface area (Å²) in [4.78, 5) is 95.8. The largest absolute Gasteiger partial charge is 0.481 e. The second-order valence-corrected chi connectivity index (χ2v) is 18.5. The average Bonchev–Trinajstić information content (AvgIpc) is 3.36. The summed E-state index contributed by atoms with van der Waals surface area (Å²) in [5, 5.41) is 34.9. The molecule has 0 saturated heterocycles. The summed E-state index contributed by atoms with van der Waals surface area (Å²) in [6.45, 7) is 3.73. The lowest BCUT2D eigenvalue weighted by atomic mass is 10.0. The number of carbonyl (C=O) groups excluding carboxylic acids is 6. The Morgan fingerprint density at radius 2 is 1.00 bits per heavy atom. The van der Waals surface area contributed by atoms with Crippen molar-refractivity contribution in [2.45, 2.75) is 166 Å². The van der Waals surface area contributed by atoms with Crippen LogP contribution in [0.3, 0.4) is 0 Å². The molecule has 10 N–H and O–H groups in total. The molecular weight excluding hydrogens is 959 g/mol. The number of benzene rings is 1. The van der Waals surface area contributed by atoms with Gasteiger partial charge in [-0.1, -0.05) is 107 Å². The van der Waals surface area contributed by atoms with Crippen molar-refractivity contribution in [3.8, 4) is 0 Å². The number of amides is 5. The molecule has 74 heavy (non-hydrogen) atoms. The molecule has 0 aliphatic carbocycles. The molecule has 1 aromatic carbocycles. The molecular formula is C53H91N7O14. The van der Waals surface area contributed by atoms with Gasteiger partial charge in [0.05, 0.1) is 58.3 Å². The first-order valence-electron chi connectivity index (χ1n) is 26.8. The number of Topliss-reactive ketones (excluding diaryl/α,β-unsaturated/α-hetero) is 1. The molecule has 21 nitrogen and oxygen atoms in total. The topological polar surface area (TPSA) is 312 Å². The monoisotopic (exact) mass is 1050 g/mol. The van der Waals surface area contributed by atoms with Crippen molar-refractivity contribution in [2.24, 2.45) is 5.73 Å². The fraction of sp³-hybridized carbons (Fsp3) is 0.736. The lowest BCUT2D eigenvalue weighted by Gasteiger charge is -2.19. The van der Waals surface area contributed by atoms with Crippen LogP contribution in [0.4, 0.5) is 0 Å². The minimum absolute atomic E-state index is 0.00151. The molecule has 21 heteroatoms. The van der Waals surface area contributed by atoms with Gasteiger partial charge in [-0.3, -0.25) is 38.9 Å². The maximum Gasteiger partial charge on any atom is 0.326 e. The highest BCUT2D eigenvalue weighted by Crippen LogP contribution is 2.14. The van der Waals surface area contributed by atoms with E-state index in [1.54, 1.807) is 7.05 Å². The van der Waals surface area contributed by atoms with Crippen LogP contribution in [0.2, 0.25) is 0 Å². The molecule has 3 atom stereocenters. The number of carbonyl (C=O) groups is 8. The summed E-state index contributed by atoms with van der Waals surface area (Å²) < 4.78 is 21.5. The molecule has 0 saturated carbocycles. The van der Waals surface area contributed by atoms with Crippen LogP contribution in [0, 0.1) is 6.92 Å². The Balaban J connectivity index is 1.95. The molecule has 0 unspecified atom stereocenters. The van der Waals surface area contributed by atoms with Crippen LogP contribution in [-0.4, -0.2) is 162 Å². The zero-order valence-corrected chi connectivity index (χ0v) is 44.5. The SMILES string of the molecule is CN[C@@H](CCCCNC(=O)COCCOCCNC(=O)COCCOCCNC(=O)CC[C@H](NC(=O)CCCCCCCCCCCCCCCCC(=O)O)C(=O)O)C(=O)CN[C@@H](Cc1ccc(C)cc1)C(N)=O. The number of aryl methyl sites for hydroxylation is 1. The Hall–Kier alpha value is -5.06. The van der Waals surface area contributed by atoms with Crippen LogP contribution in [0.1, 0.15) is 146 Å². The quantitative estimate of drug-likeness (QED) is 0.0423. The number of nitrogens with one attached hydrogen (secondary N) is 6. The molecule has 0 spiro atoms. The zero-order valence-electron chi connectivity index (χ0n) is 44.5. The summed E-state index contributed by atoms with van der Waals surface area (Å²) in [7, 11) is 1.71. The van der Waals surface area contributed by atoms with Gasteiger partial charge in [0, 0.05) is 38.9 Å². The number of carboxylic acid groups (broad SMARTS) is 2. The molecule has 0 aliphatic rings. The van der Waals surface area contributed by atoms with Crippen molar-refractivity contribution in [1.29, 1.82) is 0 Å². The van der Waals surface area contributed by atoms with Gasteiger partial charge in [-0.2, -0.15) is 0 Å². The van der Waals surface area contributed by atoms with E-state index in [1.165, 1.54) is 38.5 Å². The van der Waals surface area contributed by atoms with E-state index in [4.69, 9.17) is 29.8 Å². The van der Waals surface area contributed by atoms with E-state index >= 15 is 0 Å². The van der Waals surface area contributed by atoms with Gasteiger partial charge in [0.25, 0.3) is 0 Å². The zero-order chi connectivity index (χ0) is 54.4. The normalized spacial score (nSPS) is 12.4. The smallest absolute Gasteiger partial charge is 0.326 e. The highest BCUT2D eigenvalue weighted by Gasteiger charge is 2.22. The van der Waals surface area contributed by atoms with E-state index < -0.39 is 36.0 Å². The van der Waals surface area contributed by atoms with Gasteiger partial charge in [-0.25, -0.2) is 4.79 Å². The highest BCUT2D eigenvalue weighted by molar-refractivity contribution is 5.87. The molecule has 0 bridgehead atoms. The van der Waals surface area contributed by atoms with Gasteiger partial charge in [0.1, 0.15) is 19.3 Å². The van der Waals surface area contributed by atoms with Gasteiger partial charge in [0.2, 0.25) is 29.5 Å². The molecule has 422 valence electrons. The van der Waals surface area contributed by atoms with Gasteiger partial charge in [-0.05, 0) is 64.5 Å². The third-order valence-corrected chi connectivity index (χ3v) is 12.1. The third-order valence-electron chi connectivity index (χ3n) is 12.1. The van der Waals surface area contributed by atoms with Gasteiger partial charge < -0.3 is 61.5 Å². The Morgan fingerprint density at radius 3 is 1.50 bits per heavy atom. The second-order valence-electron chi connectivity index (χ2n) is 18.5. The van der Waals surface area contributed by atoms with Gasteiger partial charge >= 0.3 is 11.9 Å². The van der Waals surface area contributed by atoms with Gasteiger partial charge in [0.15, 0.2) is 5.78 Å². The standard InChI is InChI=1S/C53H91N7O14/c1-41-22-24-42(25-23-41)37-45(52(54)68)59-38-46(61)43(55-2)19-17-18-28-56-49(64)39-73-35-34-72-32-30-58-50(65)40-74-36-33-71-31-29-57-47(62)27-26-44(53(69)70)60-48(63)20-15-13-11-9-7-5-3-4-6-8-10-12-14-16-21-51(66)67/h22-25,43-45,55,59H,3-21,26-40H2,1-2H3,(H2,54,68)(H,56,64)(H,57,62)(H,58,65)(H,60,63)(H,66,67)(H,69,70)/t43-,44-,45-/m0/s1. The molecule has 1 rings (SSSR count). The third kappa shape index (κ3) is 39.4. The van der Waals surface area contributed by atoms with E-state index in [-0.39, 0.29) is 128 Å². The van der Waals surface area contributed by atoms with Crippen molar-refractivity contribution in [3.63, 3.8) is 0 Å². The molecule has 1 aromatic rings. The van der Waals surface area contributed by atoms with Crippen LogP contribution in [0.5, 0.6) is 0 Å². The molecule has 0 heterocycles. The Morgan fingerprint density at radius 1 is 0.514 bits per heavy atom. The molecule has 5 amide bonds. The minimum Gasteiger partial charge on any atom is -0.481 e. The number of nitrogens with two attached hydrogens (primary N) is 1. The van der Waals surface area contributed by atoms with Crippen molar-refractivity contribution < 1.29 is 67.5 Å². The number of unbranched alkanes of at least 4 members (excludes halogenated alkanes) is 14. The number of primary amides is 1. The molecule has 0 aromatic heterocycles. The summed E-state index contributed by atoms with van der Waals surface area (Å²) in [6, 6.07) is 5.57. The number of hydrogen-bond donors (Lipinski definition) is 9. The van der Waals surface area contributed by atoms with Crippen molar-refractivity contribution in [2.75, 3.05) is 86.1 Å². The highest BCUT2D eigenvalue weighted by atomic mass is 16.5. The predicted molar refractivity (Wildman–Crippen MR) is 280 cm³/mol. The lowest BCUT2D eigenvalue weighted by Crippen LogP contribution is -2.48. The Bertz CT molecular complexity index is 1720. The summed E-state index contributed by atoms with van der Waals surface area (Å²) in [5.41, 5.74) is 7.63. The average molecular weight is 1050 g/mol.